The highest BCUT2D eigenvalue weighted by molar-refractivity contribution is 6.46. The summed E-state index contributed by atoms with van der Waals surface area (Å²) in [6.07, 6.45) is 1.51. The molecule has 0 radical (unpaired) electrons. The third-order valence-corrected chi connectivity index (χ3v) is 6.36. The topological polar surface area (TPSA) is 83.2 Å². The molecule has 2 heterocycles. The molecule has 0 spiro atoms. The number of amides is 1. The Morgan fingerprint density at radius 3 is 2.48 bits per heavy atom. The largest absolute Gasteiger partial charge is 0.507 e. The number of hydrogen-bond acceptors (Lipinski definition) is 6. The highest BCUT2D eigenvalue weighted by Crippen LogP contribution is 2.41. The number of rotatable bonds is 9. The minimum Gasteiger partial charge on any atom is -0.507 e. The summed E-state index contributed by atoms with van der Waals surface area (Å²) in [5.41, 5.74) is 2.23. The quantitative estimate of drug-likeness (QED) is 0.342. The summed E-state index contributed by atoms with van der Waals surface area (Å²) in [5.74, 6) is -0.200. The minimum atomic E-state index is -0.778. The fourth-order valence-corrected chi connectivity index (χ4v) is 4.37. The van der Waals surface area contributed by atoms with Crippen molar-refractivity contribution in [3.8, 4) is 5.75 Å². The Hall–Kier alpha value is -3.06. The Kier molecular flexibility index (Phi) is 7.64. The van der Waals surface area contributed by atoms with Gasteiger partial charge in [0.25, 0.3) is 11.7 Å². The van der Waals surface area contributed by atoms with E-state index < -0.39 is 17.7 Å². The van der Waals surface area contributed by atoms with Crippen molar-refractivity contribution >= 4 is 17.4 Å². The van der Waals surface area contributed by atoms with E-state index in [9.17, 15) is 14.7 Å². The lowest BCUT2D eigenvalue weighted by Crippen LogP contribution is -2.37. The van der Waals surface area contributed by atoms with E-state index in [-0.39, 0.29) is 17.3 Å². The zero-order chi connectivity index (χ0) is 24.3. The first-order valence-corrected chi connectivity index (χ1v) is 11.5. The molecule has 1 aromatic carbocycles. The summed E-state index contributed by atoms with van der Waals surface area (Å²) in [4.78, 5) is 29.9. The fourth-order valence-electron chi connectivity index (χ4n) is 4.37. The Morgan fingerprint density at radius 1 is 1.24 bits per heavy atom. The predicted molar refractivity (Wildman–Crippen MR) is 127 cm³/mol. The van der Waals surface area contributed by atoms with Gasteiger partial charge < -0.3 is 24.1 Å². The number of nitrogens with zero attached hydrogens (tertiary/aromatic N) is 2. The van der Waals surface area contributed by atoms with Gasteiger partial charge in [0.2, 0.25) is 0 Å². The molecule has 33 heavy (non-hydrogen) atoms. The van der Waals surface area contributed by atoms with Gasteiger partial charge in [-0.2, -0.15) is 0 Å². The van der Waals surface area contributed by atoms with Crippen LogP contribution in [-0.2, 0) is 9.59 Å². The van der Waals surface area contributed by atoms with Crippen LogP contribution in [-0.4, -0.2) is 59.9 Å². The summed E-state index contributed by atoms with van der Waals surface area (Å²) in [6.45, 7) is 12.7. The number of aliphatic hydroxyl groups is 1. The number of benzene rings is 1. The van der Waals surface area contributed by atoms with Crippen molar-refractivity contribution in [1.29, 1.82) is 0 Å². The number of carbonyl (C=O) groups excluding carboxylic acids is 2. The lowest BCUT2D eigenvalue weighted by Gasteiger charge is -2.26. The van der Waals surface area contributed by atoms with Gasteiger partial charge in [-0.05, 0) is 61.3 Å². The van der Waals surface area contributed by atoms with Crippen LogP contribution in [0.15, 0.2) is 40.5 Å². The molecule has 2 aromatic rings. The van der Waals surface area contributed by atoms with Gasteiger partial charge in [0.05, 0.1) is 18.9 Å². The molecule has 0 bridgehead atoms. The molecule has 178 valence electrons. The SMILES string of the molecule is CCN(CC)CCN1C(=O)C(=O)/C(=C(/O)c2cc(C(C)C)c(OC)cc2C)C1c1ccco1. The maximum Gasteiger partial charge on any atom is 0.295 e. The number of aliphatic hydroxyl groups excluding tert-OH is 1. The molecule has 3 rings (SSSR count). The third-order valence-electron chi connectivity index (χ3n) is 6.36. The predicted octanol–water partition coefficient (Wildman–Crippen LogP) is 4.48. The van der Waals surface area contributed by atoms with Gasteiger partial charge in [-0.15, -0.1) is 0 Å². The molecule has 1 saturated heterocycles. The molecule has 7 nitrogen and oxygen atoms in total. The molecule has 1 fully saturated rings. The zero-order valence-electron chi connectivity index (χ0n) is 20.3. The number of likely N-dealkylation sites (tertiary alicyclic amines) is 1. The number of likely N-dealkylation sites (N-methyl/N-ethyl adjacent to an activating group) is 1. The molecule has 1 aliphatic rings. The summed E-state index contributed by atoms with van der Waals surface area (Å²) < 4.78 is 11.1. The van der Waals surface area contributed by atoms with Crippen LogP contribution in [0.2, 0.25) is 0 Å². The first-order valence-electron chi connectivity index (χ1n) is 11.5. The van der Waals surface area contributed by atoms with Crippen molar-refractivity contribution in [3.63, 3.8) is 0 Å². The van der Waals surface area contributed by atoms with E-state index in [1.807, 2.05) is 32.9 Å². The number of ether oxygens (including phenoxy) is 1. The summed E-state index contributed by atoms with van der Waals surface area (Å²) in [5, 5.41) is 11.4. The first kappa shape index (κ1) is 24.6. The van der Waals surface area contributed by atoms with Gasteiger partial charge >= 0.3 is 0 Å². The van der Waals surface area contributed by atoms with Crippen LogP contribution in [0.5, 0.6) is 5.75 Å². The minimum absolute atomic E-state index is 0.0532. The monoisotopic (exact) mass is 454 g/mol. The molecule has 0 saturated carbocycles. The maximum atomic E-state index is 13.2. The van der Waals surface area contributed by atoms with Gasteiger partial charge in [0, 0.05) is 18.7 Å². The van der Waals surface area contributed by atoms with Crippen molar-refractivity contribution in [2.45, 2.75) is 46.6 Å². The summed E-state index contributed by atoms with van der Waals surface area (Å²) in [6, 6.07) is 6.36. The van der Waals surface area contributed by atoms with Crippen molar-refractivity contribution in [3.05, 3.63) is 58.6 Å². The average molecular weight is 455 g/mol. The summed E-state index contributed by atoms with van der Waals surface area (Å²) >= 11 is 0. The average Bonchev–Trinajstić information content (AvgIpc) is 3.41. The normalized spacial score (nSPS) is 18.1. The van der Waals surface area contributed by atoms with E-state index in [1.54, 1.807) is 19.2 Å². The smallest absolute Gasteiger partial charge is 0.295 e. The standard InChI is InChI=1S/C26H34N2O5/c1-7-27(8-2)11-12-28-23(20-10-9-13-33-20)22(25(30)26(28)31)24(29)19-15-18(16(3)4)21(32-6)14-17(19)5/h9-10,13-16,23,29H,7-8,11-12H2,1-6H3/b24-22+. The molecule has 1 atom stereocenters. The molecule has 1 N–H and O–H groups in total. The van der Waals surface area contributed by atoms with Crippen LogP contribution in [0, 0.1) is 6.92 Å². The second kappa shape index (κ2) is 10.3. The Labute approximate surface area is 195 Å². The van der Waals surface area contributed by atoms with Gasteiger partial charge in [0.15, 0.2) is 0 Å². The Balaban J connectivity index is 2.14. The van der Waals surface area contributed by atoms with E-state index >= 15 is 0 Å². The van der Waals surface area contributed by atoms with Gasteiger partial charge in [-0.1, -0.05) is 27.7 Å². The molecule has 0 aliphatic carbocycles. The molecule has 1 amide bonds. The van der Waals surface area contributed by atoms with Crippen LogP contribution < -0.4 is 4.74 Å². The van der Waals surface area contributed by atoms with Crippen LogP contribution in [0.4, 0.5) is 0 Å². The Bertz CT molecular complexity index is 1040. The van der Waals surface area contributed by atoms with Gasteiger partial charge in [0.1, 0.15) is 23.3 Å². The van der Waals surface area contributed by atoms with Crippen LogP contribution in [0.1, 0.15) is 62.1 Å². The van der Waals surface area contributed by atoms with E-state index in [0.717, 1.165) is 30.0 Å². The van der Waals surface area contributed by atoms with Gasteiger partial charge in [-0.3, -0.25) is 9.59 Å². The molecular weight excluding hydrogens is 420 g/mol. The number of aryl methyl sites for hydroxylation is 1. The lowest BCUT2D eigenvalue weighted by molar-refractivity contribution is -0.140. The molecule has 1 aliphatic heterocycles. The van der Waals surface area contributed by atoms with E-state index in [0.29, 0.717) is 24.4 Å². The van der Waals surface area contributed by atoms with Crippen LogP contribution in [0.3, 0.4) is 0 Å². The van der Waals surface area contributed by atoms with Crippen molar-refractivity contribution in [2.75, 3.05) is 33.3 Å². The van der Waals surface area contributed by atoms with E-state index in [2.05, 4.69) is 18.7 Å². The van der Waals surface area contributed by atoms with Gasteiger partial charge in [-0.25, -0.2) is 0 Å². The van der Waals surface area contributed by atoms with Crippen molar-refractivity contribution in [2.24, 2.45) is 0 Å². The number of methoxy groups -OCH3 is 1. The fraction of sp³-hybridized carbons (Fsp3) is 0.462. The van der Waals surface area contributed by atoms with Crippen molar-refractivity contribution < 1.29 is 23.8 Å². The number of carbonyl (C=O) groups is 2. The van der Waals surface area contributed by atoms with Crippen LogP contribution >= 0.6 is 0 Å². The lowest BCUT2D eigenvalue weighted by atomic mass is 9.92. The van der Waals surface area contributed by atoms with E-state index in [4.69, 9.17) is 9.15 Å². The highest BCUT2D eigenvalue weighted by atomic mass is 16.5. The molecule has 1 unspecified atom stereocenters. The van der Waals surface area contributed by atoms with Crippen LogP contribution in [0.25, 0.3) is 5.76 Å². The number of ketones is 1. The summed E-state index contributed by atoms with van der Waals surface area (Å²) in [7, 11) is 1.61. The molecule has 1 aromatic heterocycles. The number of Topliss-reactive ketones (excluding diaryl/α,β-unsaturated/α-hetero) is 1. The van der Waals surface area contributed by atoms with Crippen molar-refractivity contribution in [1.82, 2.24) is 9.80 Å². The van der Waals surface area contributed by atoms with E-state index in [1.165, 1.54) is 11.2 Å². The maximum absolute atomic E-state index is 13.2. The second-order valence-corrected chi connectivity index (χ2v) is 8.60. The molecular formula is C26H34N2O5. The molecule has 7 heteroatoms. The first-order chi connectivity index (χ1) is 15.7. The zero-order valence-corrected chi connectivity index (χ0v) is 20.3. The third kappa shape index (κ3) is 4.69. The number of hydrogen-bond donors (Lipinski definition) is 1. The number of furan rings is 1. The highest BCUT2D eigenvalue weighted by Gasteiger charge is 2.47. The Morgan fingerprint density at radius 2 is 1.94 bits per heavy atom. The second-order valence-electron chi connectivity index (χ2n) is 8.60.